The summed E-state index contributed by atoms with van der Waals surface area (Å²) in [5.74, 6) is 0.833. The van der Waals surface area contributed by atoms with E-state index >= 15 is 0 Å². The van der Waals surface area contributed by atoms with Crippen LogP contribution < -0.4 is 0 Å². The minimum atomic E-state index is 0.833. The van der Waals surface area contributed by atoms with Crippen LogP contribution in [0, 0.1) is 12.8 Å². The van der Waals surface area contributed by atoms with Crippen molar-refractivity contribution in [1.29, 1.82) is 0 Å². The maximum atomic E-state index is 2.41. The topological polar surface area (TPSA) is 4.93 Å². The highest BCUT2D eigenvalue weighted by molar-refractivity contribution is 6.12. The first kappa shape index (κ1) is 25.5. The number of fused-ring (bicyclic) bond motifs is 3. The van der Waals surface area contributed by atoms with Crippen LogP contribution in [0.4, 0.5) is 0 Å². The molecule has 1 nitrogen and oxygen atoms in total. The number of allylic oxidation sites excluding steroid dienone is 2. The van der Waals surface area contributed by atoms with Crippen LogP contribution in [-0.4, -0.2) is 4.57 Å². The number of para-hydroxylation sites is 1. The average Bonchev–Trinajstić information content (AvgIpc) is 3.15. The standard InChI is InChI=1S/C25H25N.C4H10.C2H6/c1-5-17(3)26-24-14-10-9-13-22(24)23-16-15-20(18(4)25(23)26)21-12-8-7-11-19(21)6-2;1-4(2)3;1-2/h5,7-16H,6H2,1-4H3;4H,1-3H3;1-2H3/b17-5+;;. The molecule has 1 heteroatoms. The summed E-state index contributed by atoms with van der Waals surface area (Å²) in [7, 11) is 0. The summed E-state index contributed by atoms with van der Waals surface area (Å²) in [5, 5.41) is 2.65. The Hall–Kier alpha value is -2.80. The van der Waals surface area contributed by atoms with Gasteiger partial charge in [0.1, 0.15) is 0 Å². The van der Waals surface area contributed by atoms with Gasteiger partial charge in [0, 0.05) is 16.5 Å². The van der Waals surface area contributed by atoms with Gasteiger partial charge in [-0.1, -0.05) is 102 Å². The molecule has 0 atom stereocenters. The molecule has 170 valence electrons. The second kappa shape index (κ2) is 11.7. The Morgan fingerprint density at radius 3 is 2.06 bits per heavy atom. The lowest BCUT2D eigenvalue weighted by Gasteiger charge is -2.15. The molecule has 4 rings (SSSR count). The summed E-state index contributed by atoms with van der Waals surface area (Å²) < 4.78 is 2.41. The third kappa shape index (κ3) is 5.15. The molecule has 4 aromatic rings. The summed E-state index contributed by atoms with van der Waals surface area (Å²) in [5.41, 5.74) is 9.31. The van der Waals surface area contributed by atoms with E-state index in [0.29, 0.717) is 0 Å². The average molecular weight is 428 g/mol. The zero-order chi connectivity index (χ0) is 23.8. The Kier molecular flexibility index (Phi) is 9.32. The van der Waals surface area contributed by atoms with Crippen molar-refractivity contribution in [3.63, 3.8) is 0 Å². The second-order valence-corrected chi connectivity index (χ2v) is 8.66. The van der Waals surface area contributed by atoms with Crippen LogP contribution in [0.1, 0.15) is 66.5 Å². The molecule has 1 heterocycles. The van der Waals surface area contributed by atoms with Crippen LogP contribution >= 0.6 is 0 Å². The van der Waals surface area contributed by atoms with Gasteiger partial charge < -0.3 is 4.57 Å². The molecule has 0 radical (unpaired) electrons. The fourth-order valence-electron chi connectivity index (χ4n) is 4.10. The van der Waals surface area contributed by atoms with Crippen molar-refractivity contribution >= 4 is 27.5 Å². The van der Waals surface area contributed by atoms with Gasteiger partial charge in [-0.15, -0.1) is 0 Å². The highest BCUT2D eigenvalue weighted by atomic mass is 15.0. The van der Waals surface area contributed by atoms with Crippen LogP contribution in [0.3, 0.4) is 0 Å². The van der Waals surface area contributed by atoms with Gasteiger partial charge in [-0.25, -0.2) is 0 Å². The lowest BCUT2D eigenvalue weighted by atomic mass is 9.93. The number of hydrogen-bond acceptors (Lipinski definition) is 0. The van der Waals surface area contributed by atoms with E-state index in [0.717, 1.165) is 12.3 Å². The molecular weight excluding hydrogens is 386 g/mol. The van der Waals surface area contributed by atoms with Crippen molar-refractivity contribution in [3.05, 3.63) is 77.9 Å². The zero-order valence-electron chi connectivity index (χ0n) is 21.6. The fourth-order valence-corrected chi connectivity index (χ4v) is 4.10. The number of hydrogen-bond donors (Lipinski definition) is 0. The maximum absolute atomic E-state index is 2.41. The van der Waals surface area contributed by atoms with Gasteiger partial charge in [0.2, 0.25) is 0 Å². The van der Waals surface area contributed by atoms with Crippen molar-refractivity contribution in [2.45, 2.75) is 68.7 Å². The number of benzene rings is 3. The monoisotopic (exact) mass is 427 g/mol. The Labute approximate surface area is 195 Å². The molecule has 0 aliphatic carbocycles. The van der Waals surface area contributed by atoms with Crippen LogP contribution in [0.5, 0.6) is 0 Å². The summed E-state index contributed by atoms with van der Waals surface area (Å²) in [6, 6.07) is 22.1. The molecule has 0 N–H and O–H groups in total. The van der Waals surface area contributed by atoms with Crippen LogP contribution in [-0.2, 0) is 6.42 Å². The third-order valence-corrected chi connectivity index (χ3v) is 5.55. The van der Waals surface area contributed by atoms with E-state index in [-0.39, 0.29) is 0 Å². The SMILES string of the molecule is C/C=C(\C)n1c2ccccc2c2ccc(-c3ccccc3CC)c(C)c21.CC.CC(C)C. The van der Waals surface area contributed by atoms with Gasteiger partial charge in [-0.2, -0.15) is 0 Å². The fraction of sp³-hybridized carbons (Fsp3) is 0.355. The van der Waals surface area contributed by atoms with Gasteiger partial charge in [0.15, 0.2) is 0 Å². The molecule has 0 saturated heterocycles. The molecule has 0 unspecified atom stereocenters. The predicted octanol–water partition coefficient (Wildman–Crippen LogP) is 9.90. The Morgan fingerprint density at radius 2 is 1.44 bits per heavy atom. The molecule has 32 heavy (non-hydrogen) atoms. The van der Waals surface area contributed by atoms with Crippen molar-refractivity contribution in [2.75, 3.05) is 0 Å². The summed E-state index contributed by atoms with van der Waals surface area (Å²) in [6.07, 6.45) is 3.24. The molecular formula is C31H41N. The van der Waals surface area contributed by atoms with Gasteiger partial charge in [0.05, 0.1) is 11.0 Å². The molecule has 0 bridgehead atoms. The lowest BCUT2D eigenvalue weighted by molar-refractivity contribution is 0.737. The first-order valence-electron chi connectivity index (χ1n) is 12.1. The normalized spacial score (nSPS) is 11.2. The molecule has 0 aliphatic rings. The largest absolute Gasteiger partial charge is 0.313 e. The first-order chi connectivity index (χ1) is 15.4. The predicted molar refractivity (Wildman–Crippen MR) is 146 cm³/mol. The van der Waals surface area contributed by atoms with Gasteiger partial charge in [-0.3, -0.25) is 0 Å². The highest BCUT2D eigenvalue weighted by Gasteiger charge is 2.16. The molecule has 0 spiro atoms. The van der Waals surface area contributed by atoms with E-state index in [4.69, 9.17) is 0 Å². The lowest BCUT2D eigenvalue weighted by Crippen LogP contribution is -1.97. The molecule has 0 amide bonds. The quantitative estimate of drug-likeness (QED) is 0.306. The van der Waals surface area contributed by atoms with E-state index in [9.17, 15) is 0 Å². The Morgan fingerprint density at radius 1 is 0.844 bits per heavy atom. The maximum Gasteiger partial charge on any atom is 0.0572 e. The third-order valence-electron chi connectivity index (χ3n) is 5.55. The number of rotatable bonds is 3. The highest BCUT2D eigenvalue weighted by Crippen LogP contribution is 2.38. The van der Waals surface area contributed by atoms with Crippen molar-refractivity contribution in [2.24, 2.45) is 5.92 Å². The summed E-state index contributed by atoms with van der Waals surface area (Å²) in [4.78, 5) is 0. The van der Waals surface area contributed by atoms with Gasteiger partial charge in [0.25, 0.3) is 0 Å². The van der Waals surface area contributed by atoms with Crippen LogP contribution in [0.15, 0.2) is 66.7 Å². The van der Waals surface area contributed by atoms with Crippen molar-refractivity contribution < 1.29 is 0 Å². The van der Waals surface area contributed by atoms with E-state index in [1.54, 1.807) is 0 Å². The molecule has 3 aromatic carbocycles. The van der Waals surface area contributed by atoms with Crippen molar-refractivity contribution in [1.82, 2.24) is 4.57 Å². The number of aromatic nitrogens is 1. The van der Waals surface area contributed by atoms with Gasteiger partial charge in [-0.05, 0) is 61.4 Å². The van der Waals surface area contributed by atoms with Crippen LogP contribution in [0.2, 0.25) is 0 Å². The van der Waals surface area contributed by atoms with E-state index in [1.807, 2.05) is 13.8 Å². The minimum absolute atomic E-state index is 0.833. The molecule has 0 aliphatic heterocycles. The molecule has 0 fully saturated rings. The molecule has 0 saturated carbocycles. The Bertz CT molecular complexity index is 1190. The zero-order valence-corrected chi connectivity index (χ0v) is 21.6. The van der Waals surface area contributed by atoms with Gasteiger partial charge >= 0.3 is 0 Å². The smallest absolute Gasteiger partial charge is 0.0572 e. The van der Waals surface area contributed by atoms with E-state index < -0.39 is 0 Å². The van der Waals surface area contributed by atoms with E-state index in [2.05, 4.69) is 120 Å². The minimum Gasteiger partial charge on any atom is -0.313 e. The van der Waals surface area contributed by atoms with Crippen LogP contribution in [0.25, 0.3) is 38.6 Å². The first-order valence-corrected chi connectivity index (χ1v) is 12.1. The Balaban J connectivity index is 0.000000547. The number of aryl methyl sites for hydroxylation is 2. The summed E-state index contributed by atoms with van der Waals surface area (Å²) in [6.45, 7) is 19.3. The second-order valence-electron chi connectivity index (χ2n) is 8.66. The van der Waals surface area contributed by atoms with Crippen molar-refractivity contribution in [3.8, 4) is 11.1 Å². The number of nitrogens with zero attached hydrogens (tertiary/aromatic N) is 1. The van der Waals surface area contributed by atoms with E-state index in [1.165, 1.54) is 49.8 Å². The summed E-state index contributed by atoms with van der Waals surface area (Å²) >= 11 is 0. The molecule has 1 aromatic heterocycles.